The van der Waals surface area contributed by atoms with Crippen molar-refractivity contribution >= 4 is 5.69 Å². The summed E-state index contributed by atoms with van der Waals surface area (Å²) in [6, 6.07) is 3.67. The van der Waals surface area contributed by atoms with Gasteiger partial charge in [0.1, 0.15) is 5.75 Å². The number of likely N-dealkylation sites (N-methyl/N-ethyl adjacent to an activating group) is 1. The Labute approximate surface area is 88.9 Å². The third-order valence-corrected chi connectivity index (χ3v) is 2.98. The molecule has 0 fully saturated rings. The van der Waals surface area contributed by atoms with Crippen molar-refractivity contribution in [2.75, 3.05) is 25.0 Å². The number of fused-ring (bicyclic) bond motifs is 1. The minimum atomic E-state index is -0.777. The third-order valence-electron chi connectivity index (χ3n) is 2.98. The number of nitrogens with zero attached hydrogens (tertiary/aromatic N) is 1. The first kappa shape index (κ1) is 10.3. The Hall–Kier alpha value is -1.26. The lowest BCUT2D eigenvalue weighted by Gasteiger charge is -2.15. The van der Waals surface area contributed by atoms with E-state index >= 15 is 0 Å². The van der Waals surface area contributed by atoms with E-state index in [1.807, 2.05) is 13.1 Å². The first-order valence-electron chi connectivity index (χ1n) is 5.09. The van der Waals surface area contributed by atoms with Crippen molar-refractivity contribution in [3.63, 3.8) is 0 Å². The molecule has 2 rings (SSSR count). The second kappa shape index (κ2) is 3.72. The summed E-state index contributed by atoms with van der Waals surface area (Å²) in [5.74, 6) is 0.204. The number of hydrogen-bond donors (Lipinski definition) is 3. The van der Waals surface area contributed by atoms with E-state index in [0.717, 1.165) is 24.2 Å². The Morgan fingerprint density at radius 2 is 2.27 bits per heavy atom. The molecule has 4 heteroatoms. The van der Waals surface area contributed by atoms with E-state index in [-0.39, 0.29) is 12.3 Å². The lowest BCUT2D eigenvalue weighted by atomic mass is 10.0. The zero-order valence-corrected chi connectivity index (χ0v) is 8.77. The van der Waals surface area contributed by atoms with Crippen LogP contribution in [0, 0.1) is 0 Å². The van der Waals surface area contributed by atoms with Crippen molar-refractivity contribution in [1.82, 2.24) is 0 Å². The number of nitrogens with two attached hydrogens (primary N) is 1. The van der Waals surface area contributed by atoms with Gasteiger partial charge in [0.25, 0.3) is 0 Å². The summed E-state index contributed by atoms with van der Waals surface area (Å²) in [5.41, 5.74) is 7.87. The number of aliphatic hydroxyl groups excluding tert-OH is 1. The molecular formula is C11H16N2O2. The van der Waals surface area contributed by atoms with Crippen molar-refractivity contribution in [2.24, 2.45) is 5.73 Å². The minimum Gasteiger partial charge on any atom is -0.507 e. The van der Waals surface area contributed by atoms with Gasteiger partial charge in [0.05, 0.1) is 6.10 Å². The van der Waals surface area contributed by atoms with Crippen LogP contribution in [-0.2, 0) is 6.42 Å². The smallest absolute Gasteiger partial charge is 0.126 e. The van der Waals surface area contributed by atoms with E-state index in [9.17, 15) is 10.2 Å². The van der Waals surface area contributed by atoms with Crippen molar-refractivity contribution in [3.05, 3.63) is 23.3 Å². The Morgan fingerprint density at radius 3 is 2.93 bits per heavy atom. The second-order valence-electron chi connectivity index (χ2n) is 3.92. The number of phenolic OH excluding ortho intramolecular Hbond substituents is 1. The van der Waals surface area contributed by atoms with Crippen LogP contribution in [-0.4, -0.2) is 30.4 Å². The van der Waals surface area contributed by atoms with Crippen LogP contribution in [0.4, 0.5) is 5.69 Å². The van der Waals surface area contributed by atoms with Gasteiger partial charge in [-0.25, -0.2) is 0 Å². The lowest BCUT2D eigenvalue weighted by Crippen LogP contribution is -2.13. The van der Waals surface area contributed by atoms with Crippen LogP contribution in [0.25, 0.3) is 0 Å². The van der Waals surface area contributed by atoms with E-state index in [1.54, 1.807) is 6.07 Å². The number of aliphatic hydroxyl groups is 1. The molecule has 4 nitrogen and oxygen atoms in total. The fourth-order valence-electron chi connectivity index (χ4n) is 2.04. The zero-order valence-electron chi connectivity index (χ0n) is 8.77. The van der Waals surface area contributed by atoms with E-state index in [1.165, 1.54) is 0 Å². The number of benzene rings is 1. The summed E-state index contributed by atoms with van der Waals surface area (Å²) >= 11 is 0. The summed E-state index contributed by atoms with van der Waals surface area (Å²) in [7, 11) is 1.99. The molecule has 0 saturated heterocycles. The van der Waals surface area contributed by atoms with E-state index in [4.69, 9.17) is 5.73 Å². The number of rotatable bonds is 2. The first-order chi connectivity index (χ1) is 7.15. The Kier molecular flexibility index (Phi) is 2.54. The van der Waals surface area contributed by atoms with Gasteiger partial charge in [0.15, 0.2) is 0 Å². The zero-order chi connectivity index (χ0) is 11.0. The summed E-state index contributed by atoms with van der Waals surface area (Å²) in [4.78, 5) is 2.09. The van der Waals surface area contributed by atoms with Crippen LogP contribution in [0.15, 0.2) is 12.1 Å². The van der Waals surface area contributed by atoms with Gasteiger partial charge in [-0.15, -0.1) is 0 Å². The molecule has 1 aliphatic heterocycles. The Balaban J connectivity index is 2.46. The Morgan fingerprint density at radius 1 is 1.53 bits per heavy atom. The molecule has 0 spiro atoms. The van der Waals surface area contributed by atoms with E-state index in [0.29, 0.717) is 5.56 Å². The van der Waals surface area contributed by atoms with Crippen LogP contribution in [0.3, 0.4) is 0 Å². The summed E-state index contributed by atoms with van der Waals surface area (Å²) in [6.45, 7) is 1.03. The van der Waals surface area contributed by atoms with Crippen LogP contribution >= 0.6 is 0 Å². The average Bonchev–Trinajstić information content (AvgIpc) is 2.61. The van der Waals surface area contributed by atoms with Gasteiger partial charge in [-0.05, 0) is 12.5 Å². The molecule has 82 valence electrons. The maximum absolute atomic E-state index is 9.99. The van der Waals surface area contributed by atoms with Crippen LogP contribution in [0.1, 0.15) is 17.2 Å². The molecule has 1 aliphatic rings. The molecule has 0 aliphatic carbocycles. The molecule has 0 amide bonds. The summed E-state index contributed by atoms with van der Waals surface area (Å²) in [6.07, 6.45) is 0.0456. The average molecular weight is 208 g/mol. The SMILES string of the molecule is CN1CCc2c1ccc(C(O)CN)c2O. The molecule has 1 atom stereocenters. The van der Waals surface area contributed by atoms with Crippen LogP contribution < -0.4 is 10.6 Å². The van der Waals surface area contributed by atoms with E-state index < -0.39 is 6.10 Å². The highest BCUT2D eigenvalue weighted by molar-refractivity contribution is 5.64. The van der Waals surface area contributed by atoms with Crippen molar-refractivity contribution < 1.29 is 10.2 Å². The van der Waals surface area contributed by atoms with Gasteiger partial charge >= 0.3 is 0 Å². The lowest BCUT2D eigenvalue weighted by molar-refractivity contribution is 0.182. The van der Waals surface area contributed by atoms with Crippen molar-refractivity contribution in [1.29, 1.82) is 0 Å². The fourth-order valence-corrected chi connectivity index (χ4v) is 2.04. The highest BCUT2D eigenvalue weighted by Crippen LogP contribution is 2.38. The van der Waals surface area contributed by atoms with Gasteiger partial charge in [-0.2, -0.15) is 0 Å². The molecule has 1 aromatic rings. The number of aromatic hydroxyl groups is 1. The number of hydrogen-bond acceptors (Lipinski definition) is 4. The normalized spacial score (nSPS) is 16.6. The monoisotopic (exact) mass is 208 g/mol. The minimum absolute atomic E-state index is 0.127. The summed E-state index contributed by atoms with van der Waals surface area (Å²) < 4.78 is 0. The number of phenols is 1. The van der Waals surface area contributed by atoms with Gasteiger partial charge in [-0.3, -0.25) is 0 Å². The maximum Gasteiger partial charge on any atom is 0.126 e. The van der Waals surface area contributed by atoms with Gasteiger partial charge < -0.3 is 20.8 Å². The quantitative estimate of drug-likeness (QED) is 0.657. The summed E-state index contributed by atoms with van der Waals surface area (Å²) in [5, 5.41) is 19.6. The van der Waals surface area contributed by atoms with Gasteiger partial charge in [-0.1, -0.05) is 6.07 Å². The molecule has 0 saturated carbocycles. The molecule has 4 N–H and O–H groups in total. The van der Waals surface area contributed by atoms with Crippen LogP contribution in [0.5, 0.6) is 5.75 Å². The van der Waals surface area contributed by atoms with Gasteiger partial charge in [0, 0.05) is 37.0 Å². The molecule has 1 unspecified atom stereocenters. The van der Waals surface area contributed by atoms with Crippen LogP contribution in [0.2, 0.25) is 0 Å². The standard InChI is InChI=1S/C11H16N2O2/c1-13-5-4-7-9(13)3-2-8(11(7)15)10(14)6-12/h2-3,10,14-15H,4-6,12H2,1H3. The largest absolute Gasteiger partial charge is 0.507 e. The highest BCUT2D eigenvalue weighted by atomic mass is 16.3. The van der Waals surface area contributed by atoms with Gasteiger partial charge in [0.2, 0.25) is 0 Å². The molecule has 0 bridgehead atoms. The number of anilines is 1. The third kappa shape index (κ3) is 1.56. The predicted octanol–water partition coefficient (Wildman–Crippen LogP) is 0.377. The topological polar surface area (TPSA) is 69.7 Å². The predicted molar refractivity (Wildman–Crippen MR) is 59.1 cm³/mol. The van der Waals surface area contributed by atoms with E-state index in [2.05, 4.69) is 4.90 Å². The fraction of sp³-hybridized carbons (Fsp3) is 0.455. The molecule has 1 aromatic carbocycles. The highest BCUT2D eigenvalue weighted by Gasteiger charge is 2.23. The van der Waals surface area contributed by atoms with Crippen molar-refractivity contribution in [3.8, 4) is 5.75 Å². The molecular weight excluding hydrogens is 192 g/mol. The molecule has 15 heavy (non-hydrogen) atoms. The first-order valence-corrected chi connectivity index (χ1v) is 5.09. The molecule has 1 heterocycles. The molecule has 0 aromatic heterocycles. The second-order valence-corrected chi connectivity index (χ2v) is 3.92. The Bertz CT molecular complexity index is 379. The van der Waals surface area contributed by atoms with Crippen molar-refractivity contribution in [2.45, 2.75) is 12.5 Å². The molecule has 0 radical (unpaired) electrons. The maximum atomic E-state index is 9.99.